The molecule has 1 aromatic heterocycles. The summed E-state index contributed by atoms with van der Waals surface area (Å²) in [5.41, 5.74) is 1.85. The van der Waals surface area contributed by atoms with E-state index in [1.807, 2.05) is 12.1 Å². The second-order valence-electron chi connectivity index (χ2n) is 9.45. The van der Waals surface area contributed by atoms with Crippen molar-refractivity contribution in [3.05, 3.63) is 60.4 Å². The molecule has 2 aromatic carbocycles. The Balaban J connectivity index is 1.24. The molecule has 2 amide bonds. The van der Waals surface area contributed by atoms with Gasteiger partial charge in [-0.1, -0.05) is 24.2 Å². The van der Waals surface area contributed by atoms with Crippen molar-refractivity contribution in [1.82, 2.24) is 19.8 Å². The van der Waals surface area contributed by atoms with Gasteiger partial charge in [0, 0.05) is 67.7 Å². The van der Waals surface area contributed by atoms with Gasteiger partial charge < -0.3 is 25.0 Å². The summed E-state index contributed by atoms with van der Waals surface area (Å²) in [6.45, 7) is 7.00. The van der Waals surface area contributed by atoms with Crippen LogP contribution < -0.4 is 15.4 Å². The van der Waals surface area contributed by atoms with Crippen molar-refractivity contribution in [3.63, 3.8) is 0 Å². The van der Waals surface area contributed by atoms with Crippen LogP contribution in [0.5, 0.6) is 5.75 Å². The number of rotatable bonds is 9. The quantitative estimate of drug-likeness (QED) is 0.297. The zero-order valence-corrected chi connectivity index (χ0v) is 22.5. The van der Waals surface area contributed by atoms with Crippen LogP contribution in [0, 0.1) is 0 Å². The first-order valence-corrected chi connectivity index (χ1v) is 13.4. The van der Waals surface area contributed by atoms with Gasteiger partial charge in [0.15, 0.2) is 6.10 Å². The third kappa shape index (κ3) is 6.49. The zero-order valence-electron chi connectivity index (χ0n) is 21.8. The third-order valence-electron chi connectivity index (χ3n) is 6.78. The van der Waals surface area contributed by atoms with Gasteiger partial charge in [-0.2, -0.15) is 0 Å². The summed E-state index contributed by atoms with van der Waals surface area (Å²) in [6, 6.07) is 10.8. The van der Waals surface area contributed by atoms with Crippen molar-refractivity contribution in [2.24, 2.45) is 0 Å². The predicted molar refractivity (Wildman–Crippen MR) is 151 cm³/mol. The van der Waals surface area contributed by atoms with Crippen molar-refractivity contribution in [2.75, 3.05) is 50.0 Å². The molecule has 12 heteroatoms. The van der Waals surface area contributed by atoms with Gasteiger partial charge in [-0.25, -0.2) is 9.97 Å². The third-order valence-corrected chi connectivity index (χ3v) is 7.01. The van der Waals surface area contributed by atoms with E-state index >= 15 is 0 Å². The summed E-state index contributed by atoms with van der Waals surface area (Å²) in [5, 5.41) is 7.33. The van der Waals surface area contributed by atoms with E-state index in [1.54, 1.807) is 29.2 Å². The number of esters is 1. The van der Waals surface area contributed by atoms with Crippen LogP contribution in [0.3, 0.4) is 0 Å². The van der Waals surface area contributed by atoms with Gasteiger partial charge in [0.1, 0.15) is 24.5 Å². The first-order valence-electron chi connectivity index (χ1n) is 13.0. The number of aromatic nitrogens is 2. The maximum Gasteiger partial charge on any atom is 0.306 e. The lowest BCUT2D eigenvalue weighted by atomic mass is 10.1. The molecule has 0 unspecified atom stereocenters. The molecule has 0 aliphatic carbocycles. The number of hydrogen-bond donors (Lipinski definition) is 2. The molecule has 0 saturated carbocycles. The molecule has 208 valence electrons. The fourth-order valence-electron chi connectivity index (χ4n) is 4.67. The Kier molecular flexibility index (Phi) is 8.42. The number of amides is 2. The molecular formula is C28H29ClN6O5. The normalized spacial score (nSPS) is 17.4. The van der Waals surface area contributed by atoms with E-state index in [0.717, 1.165) is 5.69 Å². The molecule has 2 aliphatic heterocycles. The average Bonchev–Trinajstić information content (AvgIpc) is 3.39. The van der Waals surface area contributed by atoms with Gasteiger partial charge in [-0.3, -0.25) is 19.3 Å². The molecule has 1 atom stereocenters. The summed E-state index contributed by atoms with van der Waals surface area (Å²) >= 11 is 6.12. The SMILES string of the molecule is C=CC(=O)Nc1cc2c(Nc3cccc(Cl)c3)ncnc2cc1OCCN1CCN(C(=O)[C@@H]2CCC(=O)O2)CC1. The lowest BCUT2D eigenvalue weighted by Crippen LogP contribution is -2.52. The van der Waals surface area contributed by atoms with Crippen LogP contribution in [-0.4, -0.2) is 83.0 Å². The second-order valence-corrected chi connectivity index (χ2v) is 9.89. The molecule has 5 rings (SSSR count). The monoisotopic (exact) mass is 564 g/mol. The molecule has 0 radical (unpaired) electrons. The second kappa shape index (κ2) is 12.3. The number of nitrogens with zero attached hydrogens (tertiary/aromatic N) is 4. The lowest BCUT2D eigenvalue weighted by Gasteiger charge is -2.35. The minimum atomic E-state index is -0.649. The van der Waals surface area contributed by atoms with Crippen molar-refractivity contribution < 1.29 is 23.9 Å². The van der Waals surface area contributed by atoms with Crippen LogP contribution in [0.1, 0.15) is 12.8 Å². The average molecular weight is 565 g/mol. The summed E-state index contributed by atoms with van der Waals surface area (Å²) in [7, 11) is 0. The minimum Gasteiger partial charge on any atom is -0.490 e. The highest BCUT2D eigenvalue weighted by Crippen LogP contribution is 2.33. The van der Waals surface area contributed by atoms with Gasteiger partial charge in [-0.05, 0) is 30.3 Å². The van der Waals surface area contributed by atoms with Crippen LogP contribution in [0.15, 0.2) is 55.4 Å². The molecule has 2 aliphatic rings. The Hall–Kier alpha value is -4.22. The number of carbonyl (C=O) groups is 3. The molecule has 11 nitrogen and oxygen atoms in total. The van der Waals surface area contributed by atoms with E-state index in [-0.39, 0.29) is 17.8 Å². The zero-order chi connectivity index (χ0) is 28.1. The number of cyclic esters (lactones) is 1. The number of ether oxygens (including phenoxy) is 2. The Labute approximate surface area is 236 Å². The smallest absolute Gasteiger partial charge is 0.306 e. The number of piperazine rings is 1. The van der Waals surface area contributed by atoms with Crippen LogP contribution in [0.25, 0.3) is 10.9 Å². The first-order chi connectivity index (χ1) is 19.4. The predicted octanol–water partition coefficient (Wildman–Crippen LogP) is 3.38. The molecule has 2 saturated heterocycles. The Morgan fingerprint density at radius 1 is 1.18 bits per heavy atom. The van der Waals surface area contributed by atoms with E-state index in [0.29, 0.717) is 85.4 Å². The van der Waals surface area contributed by atoms with Crippen molar-refractivity contribution in [3.8, 4) is 5.75 Å². The standard InChI is InChI=1S/C28H29ClN6O5/c1-2-25(36)33-22-15-20-21(30-17-31-27(20)32-19-5-3-4-18(29)14-19)16-24(22)39-13-12-34-8-10-35(11-9-34)28(38)23-6-7-26(37)40-23/h2-5,14-17,23H,1,6-13H2,(H,33,36)(H,30,31,32)/t23-/m0/s1. The summed E-state index contributed by atoms with van der Waals surface area (Å²) in [4.78, 5) is 48.8. The number of carbonyl (C=O) groups excluding carboxylic acids is 3. The van der Waals surface area contributed by atoms with Crippen LogP contribution >= 0.6 is 11.6 Å². The van der Waals surface area contributed by atoms with E-state index in [4.69, 9.17) is 21.1 Å². The summed E-state index contributed by atoms with van der Waals surface area (Å²) in [5.74, 6) is 0.206. The number of hydrogen-bond acceptors (Lipinski definition) is 9. The number of benzene rings is 2. The van der Waals surface area contributed by atoms with E-state index in [9.17, 15) is 14.4 Å². The fourth-order valence-corrected chi connectivity index (χ4v) is 4.86. The number of anilines is 3. The Morgan fingerprint density at radius 2 is 2.00 bits per heavy atom. The highest BCUT2D eigenvalue weighted by atomic mass is 35.5. The van der Waals surface area contributed by atoms with Gasteiger partial charge in [0.05, 0.1) is 11.2 Å². The van der Waals surface area contributed by atoms with Gasteiger partial charge in [0.2, 0.25) is 5.91 Å². The van der Waals surface area contributed by atoms with Gasteiger partial charge in [-0.15, -0.1) is 0 Å². The largest absolute Gasteiger partial charge is 0.490 e. The molecule has 3 heterocycles. The van der Waals surface area contributed by atoms with Crippen LogP contribution in [-0.2, 0) is 19.1 Å². The fraction of sp³-hybridized carbons (Fsp3) is 0.321. The summed E-state index contributed by atoms with van der Waals surface area (Å²) < 4.78 is 11.2. The number of nitrogens with one attached hydrogen (secondary N) is 2. The molecule has 40 heavy (non-hydrogen) atoms. The van der Waals surface area contributed by atoms with Crippen molar-refractivity contribution in [2.45, 2.75) is 18.9 Å². The van der Waals surface area contributed by atoms with Crippen molar-refractivity contribution >= 4 is 57.5 Å². The minimum absolute atomic E-state index is 0.119. The highest BCUT2D eigenvalue weighted by Gasteiger charge is 2.34. The topological polar surface area (TPSA) is 126 Å². The van der Waals surface area contributed by atoms with E-state index < -0.39 is 6.10 Å². The molecule has 2 fully saturated rings. The van der Waals surface area contributed by atoms with Gasteiger partial charge >= 0.3 is 5.97 Å². The van der Waals surface area contributed by atoms with Crippen molar-refractivity contribution in [1.29, 1.82) is 0 Å². The molecular weight excluding hydrogens is 536 g/mol. The Bertz CT molecular complexity index is 1440. The maximum atomic E-state index is 12.6. The molecule has 2 N–H and O–H groups in total. The van der Waals surface area contributed by atoms with E-state index in [1.165, 1.54) is 12.4 Å². The van der Waals surface area contributed by atoms with Crippen LogP contribution in [0.2, 0.25) is 5.02 Å². The summed E-state index contributed by atoms with van der Waals surface area (Å²) in [6.07, 6.45) is 2.74. The molecule has 3 aromatic rings. The Morgan fingerprint density at radius 3 is 2.73 bits per heavy atom. The number of fused-ring (bicyclic) bond motifs is 1. The first kappa shape index (κ1) is 27.4. The molecule has 0 spiro atoms. The molecule has 0 bridgehead atoms. The maximum absolute atomic E-state index is 12.6. The van der Waals surface area contributed by atoms with Crippen LogP contribution in [0.4, 0.5) is 17.2 Å². The van der Waals surface area contributed by atoms with Gasteiger partial charge in [0.25, 0.3) is 5.91 Å². The lowest BCUT2D eigenvalue weighted by molar-refractivity contribution is -0.153. The highest BCUT2D eigenvalue weighted by molar-refractivity contribution is 6.30. The number of halogens is 1. The van der Waals surface area contributed by atoms with E-state index in [2.05, 4.69) is 32.1 Å².